The van der Waals surface area contributed by atoms with Gasteiger partial charge in [-0.05, 0) is 39.0 Å². The molecule has 30 heavy (non-hydrogen) atoms. The van der Waals surface area contributed by atoms with E-state index in [9.17, 15) is 4.79 Å². The molecule has 8 heteroatoms. The summed E-state index contributed by atoms with van der Waals surface area (Å²) in [6.45, 7) is 5.68. The van der Waals surface area contributed by atoms with Gasteiger partial charge in [0, 0.05) is 29.0 Å². The van der Waals surface area contributed by atoms with E-state index in [0.29, 0.717) is 17.2 Å². The first kappa shape index (κ1) is 19.8. The van der Waals surface area contributed by atoms with Gasteiger partial charge >= 0.3 is 5.97 Å². The van der Waals surface area contributed by atoms with Crippen molar-refractivity contribution in [2.45, 2.75) is 33.5 Å². The van der Waals surface area contributed by atoms with Crippen molar-refractivity contribution in [3.8, 4) is 11.6 Å². The van der Waals surface area contributed by atoms with E-state index in [4.69, 9.17) is 14.2 Å². The Morgan fingerprint density at radius 2 is 1.93 bits per heavy atom. The Bertz CT molecular complexity index is 1220. The van der Waals surface area contributed by atoms with Crippen LogP contribution < -0.4 is 4.74 Å². The summed E-state index contributed by atoms with van der Waals surface area (Å²) in [5.74, 6) is 0.531. The molecular formula is C22H22N4O4. The van der Waals surface area contributed by atoms with Crippen molar-refractivity contribution in [2.75, 3.05) is 7.11 Å². The van der Waals surface area contributed by atoms with E-state index in [1.54, 1.807) is 39.5 Å². The molecule has 154 valence electrons. The lowest BCUT2D eigenvalue weighted by Gasteiger charge is -2.12. The standard InChI is InChI=1S/C22H22N4O4/c1-12(2)29-22(27)21-16(11-28-4)20-15-7-14(30-19-10-23-13(3)8-24-19)5-6-17(15)26-18(20)9-25-21/h5-10,12,26H,11H2,1-4H3. The number of nitrogens with one attached hydrogen (secondary N) is 1. The third-order valence-corrected chi connectivity index (χ3v) is 4.51. The Morgan fingerprint density at radius 3 is 2.63 bits per heavy atom. The summed E-state index contributed by atoms with van der Waals surface area (Å²) in [7, 11) is 1.58. The van der Waals surface area contributed by atoms with Crippen LogP contribution in [0.5, 0.6) is 11.6 Å². The predicted molar refractivity (Wildman–Crippen MR) is 112 cm³/mol. The molecule has 0 saturated carbocycles. The van der Waals surface area contributed by atoms with Crippen molar-refractivity contribution in [1.29, 1.82) is 0 Å². The molecule has 0 fully saturated rings. The van der Waals surface area contributed by atoms with Gasteiger partial charge in [-0.2, -0.15) is 0 Å². The normalized spacial score (nSPS) is 11.4. The number of H-pyrrole nitrogens is 1. The van der Waals surface area contributed by atoms with Crippen LogP contribution >= 0.6 is 0 Å². The van der Waals surface area contributed by atoms with E-state index < -0.39 is 5.97 Å². The Morgan fingerprint density at radius 1 is 1.10 bits per heavy atom. The SMILES string of the molecule is COCc1c(C(=O)OC(C)C)ncc2[nH]c3ccc(Oc4cnc(C)cn4)cc3c12. The van der Waals surface area contributed by atoms with Crippen LogP contribution in [0.25, 0.3) is 21.8 Å². The van der Waals surface area contributed by atoms with Crippen LogP contribution in [0.15, 0.2) is 36.8 Å². The van der Waals surface area contributed by atoms with Crippen LogP contribution in [0.3, 0.4) is 0 Å². The smallest absolute Gasteiger partial charge is 0.357 e. The lowest BCUT2D eigenvalue weighted by atomic mass is 10.1. The van der Waals surface area contributed by atoms with E-state index in [-0.39, 0.29) is 18.4 Å². The summed E-state index contributed by atoms with van der Waals surface area (Å²) < 4.78 is 16.6. The van der Waals surface area contributed by atoms with Gasteiger partial charge < -0.3 is 19.2 Å². The number of hydrogen-bond donors (Lipinski definition) is 1. The van der Waals surface area contributed by atoms with Gasteiger partial charge in [0.25, 0.3) is 0 Å². The van der Waals surface area contributed by atoms with Crippen molar-refractivity contribution in [3.63, 3.8) is 0 Å². The topological polar surface area (TPSA) is 99.2 Å². The molecule has 4 rings (SSSR count). The lowest BCUT2D eigenvalue weighted by Crippen LogP contribution is -2.15. The maximum absolute atomic E-state index is 12.6. The van der Waals surface area contributed by atoms with Crippen molar-refractivity contribution in [3.05, 3.63) is 53.7 Å². The molecule has 0 radical (unpaired) electrons. The number of rotatable bonds is 6. The molecule has 0 spiro atoms. The van der Waals surface area contributed by atoms with Gasteiger partial charge in [-0.1, -0.05) is 0 Å². The van der Waals surface area contributed by atoms with Crippen LogP contribution in [0.4, 0.5) is 0 Å². The molecule has 0 atom stereocenters. The minimum atomic E-state index is -0.476. The van der Waals surface area contributed by atoms with Crippen LogP contribution in [-0.2, 0) is 16.1 Å². The van der Waals surface area contributed by atoms with Crippen molar-refractivity contribution in [2.24, 2.45) is 0 Å². The third-order valence-electron chi connectivity index (χ3n) is 4.51. The maximum Gasteiger partial charge on any atom is 0.357 e. The zero-order chi connectivity index (χ0) is 21.3. The number of methoxy groups -OCH3 is 1. The predicted octanol–water partition coefficient (Wildman–Crippen LogP) is 4.32. The number of ether oxygens (including phenoxy) is 3. The Balaban J connectivity index is 1.84. The summed E-state index contributed by atoms with van der Waals surface area (Å²) in [4.78, 5) is 28.7. The lowest BCUT2D eigenvalue weighted by molar-refractivity contribution is 0.0366. The molecule has 1 N–H and O–H groups in total. The number of benzene rings is 1. The molecule has 1 aromatic carbocycles. The molecule has 0 amide bonds. The van der Waals surface area contributed by atoms with Crippen LogP contribution in [0.1, 0.15) is 35.6 Å². The quantitative estimate of drug-likeness (QED) is 0.476. The van der Waals surface area contributed by atoms with E-state index in [1.807, 2.05) is 25.1 Å². The average molecular weight is 406 g/mol. The van der Waals surface area contributed by atoms with E-state index in [2.05, 4.69) is 19.9 Å². The monoisotopic (exact) mass is 406 g/mol. The van der Waals surface area contributed by atoms with Crippen LogP contribution in [-0.4, -0.2) is 39.1 Å². The second-order valence-corrected chi connectivity index (χ2v) is 7.19. The number of esters is 1. The van der Waals surface area contributed by atoms with Gasteiger partial charge in [-0.15, -0.1) is 0 Å². The fraction of sp³-hybridized carbons (Fsp3) is 0.273. The molecule has 0 saturated heterocycles. The summed E-state index contributed by atoms with van der Waals surface area (Å²) in [5.41, 5.74) is 3.41. The first-order valence-corrected chi connectivity index (χ1v) is 9.56. The molecule has 8 nitrogen and oxygen atoms in total. The summed E-state index contributed by atoms with van der Waals surface area (Å²) in [6, 6.07) is 5.65. The minimum Gasteiger partial charge on any atom is -0.458 e. The molecule has 0 unspecified atom stereocenters. The summed E-state index contributed by atoms with van der Waals surface area (Å²) in [5, 5.41) is 1.73. The molecule has 0 aliphatic heterocycles. The molecule has 3 aromatic heterocycles. The number of nitrogens with zero attached hydrogens (tertiary/aromatic N) is 3. The number of aromatic nitrogens is 4. The number of hydrogen-bond acceptors (Lipinski definition) is 7. The minimum absolute atomic E-state index is 0.217. The number of fused-ring (bicyclic) bond motifs is 3. The number of carbonyl (C=O) groups is 1. The second kappa shape index (κ2) is 8.08. The van der Waals surface area contributed by atoms with Crippen molar-refractivity contribution < 1.29 is 19.0 Å². The van der Waals surface area contributed by atoms with Crippen LogP contribution in [0, 0.1) is 6.92 Å². The van der Waals surface area contributed by atoms with Gasteiger partial charge in [0.1, 0.15) is 5.75 Å². The fourth-order valence-electron chi connectivity index (χ4n) is 3.29. The molecule has 0 aliphatic carbocycles. The molecule has 4 aromatic rings. The van der Waals surface area contributed by atoms with Crippen LogP contribution in [0.2, 0.25) is 0 Å². The number of pyridine rings is 1. The Labute approximate surface area is 173 Å². The summed E-state index contributed by atoms with van der Waals surface area (Å²) >= 11 is 0. The van der Waals surface area contributed by atoms with E-state index >= 15 is 0 Å². The first-order chi connectivity index (χ1) is 14.5. The highest BCUT2D eigenvalue weighted by Crippen LogP contribution is 2.33. The van der Waals surface area contributed by atoms with Gasteiger partial charge in [0.15, 0.2) is 5.69 Å². The highest BCUT2D eigenvalue weighted by molar-refractivity contribution is 6.11. The molecule has 0 aliphatic rings. The zero-order valence-corrected chi connectivity index (χ0v) is 17.2. The summed E-state index contributed by atoms with van der Waals surface area (Å²) in [6.07, 6.45) is 4.62. The fourth-order valence-corrected chi connectivity index (χ4v) is 3.29. The maximum atomic E-state index is 12.6. The average Bonchev–Trinajstić information content (AvgIpc) is 3.08. The highest BCUT2D eigenvalue weighted by atomic mass is 16.5. The first-order valence-electron chi connectivity index (χ1n) is 9.56. The van der Waals surface area contributed by atoms with Gasteiger partial charge in [-0.3, -0.25) is 4.98 Å². The molecule has 3 heterocycles. The van der Waals surface area contributed by atoms with Gasteiger partial charge in [0.05, 0.1) is 42.5 Å². The zero-order valence-electron chi connectivity index (χ0n) is 17.2. The van der Waals surface area contributed by atoms with Gasteiger partial charge in [-0.25, -0.2) is 14.8 Å². The largest absolute Gasteiger partial charge is 0.458 e. The number of aryl methyl sites for hydroxylation is 1. The third kappa shape index (κ3) is 3.81. The van der Waals surface area contributed by atoms with Gasteiger partial charge in [0.2, 0.25) is 5.88 Å². The highest BCUT2D eigenvalue weighted by Gasteiger charge is 2.21. The molecular weight excluding hydrogens is 384 g/mol. The van der Waals surface area contributed by atoms with Crippen molar-refractivity contribution in [1.82, 2.24) is 19.9 Å². The Hall–Kier alpha value is -3.52. The van der Waals surface area contributed by atoms with E-state index in [0.717, 1.165) is 27.5 Å². The number of aromatic amines is 1. The number of carbonyl (C=O) groups excluding carboxylic acids is 1. The van der Waals surface area contributed by atoms with E-state index in [1.165, 1.54) is 0 Å². The van der Waals surface area contributed by atoms with Crippen molar-refractivity contribution >= 4 is 27.8 Å². The second-order valence-electron chi connectivity index (χ2n) is 7.19. The Kier molecular flexibility index (Phi) is 5.33. The molecule has 0 bridgehead atoms.